The molecule has 2 atom stereocenters. The summed E-state index contributed by atoms with van der Waals surface area (Å²) in [5.74, 6) is 0.818. The van der Waals surface area contributed by atoms with Gasteiger partial charge in [0.15, 0.2) is 11.5 Å². The van der Waals surface area contributed by atoms with Crippen molar-refractivity contribution in [2.75, 3.05) is 14.2 Å². The van der Waals surface area contributed by atoms with E-state index >= 15 is 0 Å². The number of benzene rings is 3. The van der Waals surface area contributed by atoms with Gasteiger partial charge in [0.1, 0.15) is 12.6 Å². The summed E-state index contributed by atoms with van der Waals surface area (Å²) in [5, 5.41) is 6.77. The normalized spacial score (nSPS) is 12.4. The Labute approximate surface area is 215 Å². The van der Waals surface area contributed by atoms with Crippen LogP contribution >= 0.6 is 0 Å². The van der Waals surface area contributed by atoms with E-state index in [1.54, 1.807) is 32.4 Å². The maximum Gasteiger partial charge on any atom is 0.408 e. The monoisotopic (exact) mass is 501 g/mol. The van der Waals surface area contributed by atoms with Crippen molar-refractivity contribution in [3.05, 3.63) is 95.7 Å². The second kappa shape index (κ2) is 12.0. The van der Waals surface area contributed by atoms with Gasteiger partial charge in [0, 0.05) is 23.5 Å². The minimum atomic E-state index is -0.844. The van der Waals surface area contributed by atoms with Crippen molar-refractivity contribution in [1.82, 2.24) is 15.6 Å². The molecule has 0 saturated carbocycles. The van der Waals surface area contributed by atoms with Crippen molar-refractivity contribution in [2.45, 2.75) is 32.0 Å². The number of nitrogens with one attached hydrogen (secondary N) is 3. The van der Waals surface area contributed by atoms with Crippen LogP contribution in [0.1, 0.15) is 29.7 Å². The number of methoxy groups -OCH3 is 2. The van der Waals surface area contributed by atoms with Crippen molar-refractivity contribution < 1.29 is 23.8 Å². The van der Waals surface area contributed by atoms with Crippen LogP contribution in [-0.4, -0.2) is 37.2 Å². The quantitative estimate of drug-likeness (QED) is 0.287. The van der Waals surface area contributed by atoms with Gasteiger partial charge in [-0.15, -0.1) is 0 Å². The molecule has 0 unspecified atom stereocenters. The summed E-state index contributed by atoms with van der Waals surface area (Å²) < 4.78 is 16.0. The Bertz CT molecular complexity index is 1350. The Balaban J connectivity index is 1.47. The Morgan fingerprint density at radius 2 is 1.62 bits per heavy atom. The average molecular weight is 502 g/mol. The molecule has 8 nitrogen and oxygen atoms in total. The van der Waals surface area contributed by atoms with E-state index in [0.717, 1.165) is 27.6 Å². The average Bonchev–Trinajstić information content (AvgIpc) is 3.34. The molecule has 0 bridgehead atoms. The summed E-state index contributed by atoms with van der Waals surface area (Å²) in [5.41, 5.74) is 3.58. The number of hydrogen-bond acceptors (Lipinski definition) is 5. The van der Waals surface area contributed by atoms with E-state index in [-0.39, 0.29) is 18.6 Å². The second-order valence-electron chi connectivity index (χ2n) is 8.67. The molecule has 0 aliphatic heterocycles. The van der Waals surface area contributed by atoms with Gasteiger partial charge in [0.05, 0.1) is 20.3 Å². The van der Waals surface area contributed by atoms with Crippen molar-refractivity contribution in [3.8, 4) is 11.5 Å². The van der Waals surface area contributed by atoms with E-state index in [1.165, 1.54) is 0 Å². The van der Waals surface area contributed by atoms with E-state index in [2.05, 4.69) is 15.6 Å². The van der Waals surface area contributed by atoms with Crippen molar-refractivity contribution in [1.29, 1.82) is 0 Å². The van der Waals surface area contributed by atoms with Gasteiger partial charge in [-0.05, 0) is 41.8 Å². The van der Waals surface area contributed by atoms with Crippen LogP contribution in [0.3, 0.4) is 0 Å². The van der Waals surface area contributed by atoms with E-state index in [0.29, 0.717) is 17.9 Å². The molecule has 0 aliphatic rings. The lowest BCUT2D eigenvalue weighted by atomic mass is 10.0. The number of alkyl carbamates (subject to hydrolysis) is 1. The molecule has 1 aromatic heterocycles. The molecule has 0 saturated heterocycles. The summed E-state index contributed by atoms with van der Waals surface area (Å²) in [4.78, 5) is 29.3. The summed E-state index contributed by atoms with van der Waals surface area (Å²) in [7, 11) is 3.10. The molecular formula is C29H31N3O5. The zero-order chi connectivity index (χ0) is 26.2. The maximum atomic E-state index is 13.3. The first-order valence-corrected chi connectivity index (χ1v) is 12.0. The lowest BCUT2D eigenvalue weighted by molar-refractivity contribution is -0.123. The van der Waals surface area contributed by atoms with Crippen molar-refractivity contribution in [3.63, 3.8) is 0 Å². The number of aromatic amines is 1. The van der Waals surface area contributed by atoms with Gasteiger partial charge in [-0.2, -0.15) is 0 Å². The minimum Gasteiger partial charge on any atom is -0.493 e. The van der Waals surface area contributed by atoms with Crippen molar-refractivity contribution in [2.24, 2.45) is 0 Å². The van der Waals surface area contributed by atoms with Crippen LogP contribution in [0.2, 0.25) is 0 Å². The predicted octanol–water partition coefficient (Wildman–Crippen LogP) is 4.90. The van der Waals surface area contributed by atoms with E-state index in [9.17, 15) is 9.59 Å². The largest absolute Gasteiger partial charge is 0.493 e. The van der Waals surface area contributed by atoms with Gasteiger partial charge in [0.2, 0.25) is 5.91 Å². The third-order valence-corrected chi connectivity index (χ3v) is 6.18. The zero-order valence-corrected chi connectivity index (χ0v) is 21.1. The van der Waals surface area contributed by atoms with Gasteiger partial charge in [0.25, 0.3) is 0 Å². The highest BCUT2D eigenvalue weighted by Gasteiger charge is 2.25. The van der Waals surface area contributed by atoms with E-state index in [1.807, 2.05) is 67.7 Å². The number of hydrogen-bond donors (Lipinski definition) is 3. The highest BCUT2D eigenvalue weighted by Crippen LogP contribution is 2.28. The number of H-pyrrole nitrogens is 1. The molecule has 37 heavy (non-hydrogen) atoms. The standard InChI is InChI=1S/C29H31N3O5/c1-19(21-9-5-4-6-10-21)31-28(33)25(16-22-17-30-24-12-8-7-11-23(22)24)32-29(34)37-18-20-13-14-26(35-2)27(15-20)36-3/h4-15,17,19,25,30H,16,18H2,1-3H3,(H,31,33)(H,32,34)/t19-,25+/m0/s1. The number of aromatic nitrogens is 1. The molecule has 2 amide bonds. The van der Waals surface area contributed by atoms with Crippen LogP contribution in [0.25, 0.3) is 10.9 Å². The van der Waals surface area contributed by atoms with Crippen molar-refractivity contribution >= 4 is 22.9 Å². The zero-order valence-electron chi connectivity index (χ0n) is 21.1. The van der Waals surface area contributed by atoms with Crippen LogP contribution in [-0.2, 0) is 22.6 Å². The third-order valence-electron chi connectivity index (χ3n) is 6.18. The minimum absolute atomic E-state index is 0.00797. The first-order valence-electron chi connectivity index (χ1n) is 12.0. The molecule has 3 aromatic carbocycles. The highest BCUT2D eigenvalue weighted by atomic mass is 16.5. The number of rotatable bonds is 10. The molecule has 0 aliphatic carbocycles. The summed E-state index contributed by atoms with van der Waals surface area (Å²) >= 11 is 0. The predicted molar refractivity (Wildman–Crippen MR) is 142 cm³/mol. The molecule has 1 heterocycles. The number of para-hydroxylation sites is 1. The molecule has 0 fully saturated rings. The molecule has 192 valence electrons. The Morgan fingerprint density at radius 1 is 0.892 bits per heavy atom. The number of ether oxygens (including phenoxy) is 3. The van der Waals surface area contributed by atoms with Crippen LogP contribution in [0.5, 0.6) is 11.5 Å². The second-order valence-corrected chi connectivity index (χ2v) is 8.67. The first-order chi connectivity index (χ1) is 18.0. The van der Waals surface area contributed by atoms with Crippen LogP contribution in [0.15, 0.2) is 79.0 Å². The fraction of sp³-hybridized carbons (Fsp3) is 0.241. The van der Waals surface area contributed by atoms with Gasteiger partial charge in [-0.1, -0.05) is 54.6 Å². The molecule has 4 rings (SSSR count). The lowest BCUT2D eigenvalue weighted by Gasteiger charge is -2.21. The van der Waals surface area contributed by atoms with Crippen LogP contribution < -0.4 is 20.1 Å². The Hall–Kier alpha value is -4.46. The number of carbonyl (C=O) groups is 2. The molecule has 0 radical (unpaired) electrons. The van der Waals surface area contributed by atoms with Crippen LogP contribution in [0, 0.1) is 0 Å². The highest BCUT2D eigenvalue weighted by molar-refractivity contribution is 5.88. The third kappa shape index (κ3) is 6.41. The van der Waals surface area contributed by atoms with Gasteiger partial charge in [-0.25, -0.2) is 4.79 Å². The first kappa shape index (κ1) is 25.6. The van der Waals surface area contributed by atoms with E-state index in [4.69, 9.17) is 14.2 Å². The SMILES string of the molecule is COc1ccc(COC(=O)N[C@H](Cc2c[nH]c3ccccc23)C(=O)N[C@@H](C)c2ccccc2)cc1OC. The molecule has 0 spiro atoms. The number of carbonyl (C=O) groups excluding carboxylic acids is 2. The molecule has 4 aromatic rings. The van der Waals surface area contributed by atoms with Crippen LogP contribution in [0.4, 0.5) is 4.79 Å². The summed E-state index contributed by atoms with van der Waals surface area (Å²) in [6, 6.07) is 21.7. The fourth-order valence-corrected chi connectivity index (χ4v) is 4.17. The smallest absolute Gasteiger partial charge is 0.408 e. The molecule has 3 N–H and O–H groups in total. The summed E-state index contributed by atoms with van der Waals surface area (Å²) in [6.07, 6.45) is 1.47. The topological polar surface area (TPSA) is 102 Å². The maximum absolute atomic E-state index is 13.3. The molecule has 8 heteroatoms. The van der Waals surface area contributed by atoms with Gasteiger partial charge < -0.3 is 29.8 Å². The number of fused-ring (bicyclic) bond motifs is 1. The number of amides is 2. The summed E-state index contributed by atoms with van der Waals surface area (Å²) in [6.45, 7) is 1.92. The van der Waals surface area contributed by atoms with E-state index < -0.39 is 12.1 Å². The fourth-order valence-electron chi connectivity index (χ4n) is 4.17. The van der Waals surface area contributed by atoms with Gasteiger partial charge >= 0.3 is 6.09 Å². The Kier molecular flexibility index (Phi) is 8.30. The molecular weight excluding hydrogens is 470 g/mol. The Morgan fingerprint density at radius 3 is 2.38 bits per heavy atom. The van der Waals surface area contributed by atoms with Gasteiger partial charge in [-0.3, -0.25) is 4.79 Å². The lowest BCUT2D eigenvalue weighted by Crippen LogP contribution is -2.48.